The number of aliphatic imine (C=N–C) groups is 1. The van der Waals surface area contributed by atoms with E-state index in [9.17, 15) is 5.26 Å². The molecule has 132 valence electrons. The Morgan fingerprint density at radius 3 is 2.76 bits per heavy atom. The predicted molar refractivity (Wildman–Crippen MR) is 93.3 cm³/mol. The summed E-state index contributed by atoms with van der Waals surface area (Å²) in [5.74, 6) is 1.07. The van der Waals surface area contributed by atoms with E-state index in [-0.39, 0.29) is 6.02 Å². The maximum atomic E-state index is 9.21. The highest BCUT2D eigenvalue weighted by Crippen LogP contribution is 2.30. The minimum atomic E-state index is -0.493. The zero-order chi connectivity index (χ0) is 17.6. The predicted octanol–water partition coefficient (Wildman–Crippen LogP) is 0.766. The van der Waals surface area contributed by atoms with Crippen molar-refractivity contribution >= 4 is 11.7 Å². The zero-order valence-electron chi connectivity index (χ0n) is 14.3. The third-order valence-corrected chi connectivity index (χ3v) is 3.98. The van der Waals surface area contributed by atoms with Crippen molar-refractivity contribution in [3.05, 3.63) is 35.7 Å². The van der Waals surface area contributed by atoms with Gasteiger partial charge in [-0.2, -0.15) is 10.3 Å². The molecule has 0 saturated carbocycles. The van der Waals surface area contributed by atoms with Crippen LogP contribution in [0.5, 0.6) is 5.75 Å². The minimum absolute atomic E-state index is 0.262. The molecule has 1 fully saturated rings. The number of ether oxygens (including phenoxy) is 3. The molecule has 0 spiro atoms. The van der Waals surface area contributed by atoms with Crippen LogP contribution in [0.4, 0.5) is 5.69 Å². The summed E-state index contributed by atoms with van der Waals surface area (Å²) in [6.45, 7) is 3.54. The second-order valence-corrected chi connectivity index (χ2v) is 5.55. The van der Waals surface area contributed by atoms with Crippen molar-refractivity contribution < 1.29 is 14.2 Å². The van der Waals surface area contributed by atoms with Crippen LogP contribution in [0.15, 0.2) is 35.2 Å². The van der Waals surface area contributed by atoms with Crippen molar-refractivity contribution in [2.75, 3.05) is 45.3 Å². The molecule has 8 nitrogen and oxygen atoms in total. The molecule has 1 saturated heterocycles. The van der Waals surface area contributed by atoms with Gasteiger partial charge in [0.1, 0.15) is 0 Å². The maximum Gasteiger partial charge on any atom is 0.300 e. The van der Waals surface area contributed by atoms with E-state index >= 15 is 0 Å². The molecule has 1 aromatic carbocycles. The number of methoxy groups -OCH3 is 2. The van der Waals surface area contributed by atoms with Gasteiger partial charge in [-0.05, 0) is 12.1 Å². The molecular weight excluding hydrogens is 322 g/mol. The first-order valence-electron chi connectivity index (χ1n) is 8.04. The Kier molecular flexibility index (Phi) is 5.38. The molecule has 25 heavy (non-hydrogen) atoms. The van der Waals surface area contributed by atoms with Crippen LogP contribution in [0.25, 0.3) is 0 Å². The van der Waals surface area contributed by atoms with Crippen LogP contribution >= 0.6 is 0 Å². The minimum Gasteiger partial charge on any atom is -0.482 e. The van der Waals surface area contributed by atoms with Crippen LogP contribution in [0.1, 0.15) is 5.56 Å². The van der Waals surface area contributed by atoms with Crippen molar-refractivity contribution in [2.24, 2.45) is 4.99 Å². The molecule has 2 N–H and O–H groups in total. The lowest BCUT2D eigenvalue weighted by molar-refractivity contribution is 0.134. The first-order valence-corrected chi connectivity index (χ1v) is 8.04. The molecule has 0 radical (unpaired) electrons. The van der Waals surface area contributed by atoms with Crippen molar-refractivity contribution in [1.29, 1.82) is 5.26 Å². The third kappa shape index (κ3) is 4.02. The molecule has 1 aromatic rings. The van der Waals surface area contributed by atoms with Gasteiger partial charge in [0.15, 0.2) is 17.9 Å². The van der Waals surface area contributed by atoms with Gasteiger partial charge in [0.25, 0.3) is 6.02 Å². The Balaban J connectivity index is 1.87. The topological polar surface area (TPSA) is 91.1 Å². The number of nitriles is 1. The lowest BCUT2D eigenvalue weighted by Gasteiger charge is -2.31. The Labute approximate surface area is 146 Å². The van der Waals surface area contributed by atoms with Gasteiger partial charge in [-0.25, -0.2) is 0 Å². The molecule has 2 heterocycles. The van der Waals surface area contributed by atoms with Gasteiger partial charge >= 0.3 is 0 Å². The SMILES string of the molecule is COC1=CC(OC)N=C(Oc2cc(C#N)ccc2N2CCNCC2)N1. The highest BCUT2D eigenvalue weighted by Gasteiger charge is 2.21. The van der Waals surface area contributed by atoms with Crippen LogP contribution in [-0.4, -0.2) is 52.6 Å². The number of amidine groups is 1. The number of nitrogens with zero attached hydrogens (tertiary/aromatic N) is 3. The van der Waals surface area contributed by atoms with Crippen molar-refractivity contribution in [3.8, 4) is 11.8 Å². The standard InChI is InChI=1S/C17H21N5O3/c1-23-15-10-16(24-2)21-17(20-15)25-14-9-12(11-18)3-4-13(14)22-7-5-19-6-8-22/h3-4,9-10,15,19H,5-8H2,1-2H3,(H,20,21). The lowest BCUT2D eigenvalue weighted by atomic mass is 10.1. The lowest BCUT2D eigenvalue weighted by Crippen LogP contribution is -2.44. The fourth-order valence-electron chi connectivity index (χ4n) is 2.69. The molecule has 1 unspecified atom stereocenters. The van der Waals surface area contributed by atoms with E-state index in [1.807, 2.05) is 6.07 Å². The van der Waals surface area contributed by atoms with Crippen molar-refractivity contribution in [2.45, 2.75) is 6.23 Å². The van der Waals surface area contributed by atoms with Crippen LogP contribution in [0, 0.1) is 11.3 Å². The number of piperazine rings is 1. The average molecular weight is 343 g/mol. The Morgan fingerprint density at radius 2 is 2.08 bits per heavy atom. The highest BCUT2D eigenvalue weighted by molar-refractivity contribution is 5.81. The summed E-state index contributed by atoms with van der Waals surface area (Å²) in [4.78, 5) is 6.55. The first kappa shape index (κ1) is 17.1. The van der Waals surface area contributed by atoms with E-state index in [2.05, 4.69) is 26.6 Å². The molecular formula is C17H21N5O3. The first-order chi connectivity index (χ1) is 12.2. The highest BCUT2D eigenvalue weighted by atomic mass is 16.5. The summed E-state index contributed by atoms with van der Waals surface area (Å²) in [5, 5.41) is 15.5. The second kappa shape index (κ2) is 7.88. The number of anilines is 1. The van der Waals surface area contributed by atoms with E-state index in [1.54, 1.807) is 32.4 Å². The van der Waals surface area contributed by atoms with E-state index < -0.39 is 6.23 Å². The molecule has 2 aliphatic heterocycles. The van der Waals surface area contributed by atoms with E-state index in [4.69, 9.17) is 14.2 Å². The number of hydrogen-bond acceptors (Lipinski definition) is 8. The number of rotatable bonds is 4. The van der Waals surface area contributed by atoms with Crippen LogP contribution in [0.3, 0.4) is 0 Å². The molecule has 0 aliphatic carbocycles. The number of hydrogen-bond donors (Lipinski definition) is 2. The van der Waals surface area contributed by atoms with Crippen LogP contribution in [0.2, 0.25) is 0 Å². The van der Waals surface area contributed by atoms with Gasteiger partial charge in [-0.15, -0.1) is 0 Å². The monoisotopic (exact) mass is 343 g/mol. The number of nitrogens with one attached hydrogen (secondary N) is 2. The summed E-state index contributed by atoms with van der Waals surface area (Å²) in [5.41, 5.74) is 1.45. The average Bonchev–Trinajstić information content (AvgIpc) is 2.68. The molecule has 3 rings (SSSR count). The summed E-state index contributed by atoms with van der Waals surface area (Å²) in [6.07, 6.45) is 1.21. The van der Waals surface area contributed by atoms with Crippen molar-refractivity contribution in [1.82, 2.24) is 10.6 Å². The Morgan fingerprint density at radius 1 is 1.28 bits per heavy atom. The quantitative estimate of drug-likeness (QED) is 0.834. The van der Waals surface area contributed by atoms with Gasteiger partial charge < -0.3 is 24.4 Å². The largest absolute Gasteiger partial charge is 0.482 e. The van der Waals surface area contributed by atoms with Crippen molar-refractivity contribution in [3.63, 3.8) is 0 Å². The fourth-order valence-corrected chi connectivity index (χ4v) is 2.69. The van der Waals surface area contributed by atoms with E-state index in [0.717, 1.165) is 31.9 Å². The third-order valence-electron chi connectivity index (χ3n) is 3.98. The summed E-state index contributed by atoms with van der Waals surface area (Å²) in [7, 11) is 3.11. The molecule has 0 bridgehead atoms. The molecule has 2 aliphatic rings. The van der Waals surface area contributed by atoms with Crippen LogP contribution in [-0.2, 0) is 9.47 Å². The van der Waals surface area contributed by atoms with Gasteiger partial charge in [0.05, 0.1) is 24.4 Å². The molecule has 0 aromatic heterocycles. The molecule has 8 heteroatoms. The van der Waals surface area contributed by atoms with E-state index in [1.165, 1.54) is 0 Å². The normalized spacial score (nSPS) is 20.0. The van der Waals surface area contributed by atoms with Gasteiger partial charge in [-0.3, -0.25) is 5.32 Å². The Bertz CT molecular complexity index is 719. The fraction of sp³-hybridized carbons (Fsp3) is 0.412. The smallest absolute Gasteiger partial charge is 0.300 e. The summed E-state index contributed by atoms with van der Waals surface area (Å²) < 4.78 is 16.4. The van der Waals surface area contributed by atoms with Gasteiger partial charge in [-0.1, -0.05) is 0 Å². The van der Waals surface area contributed by atoms with E-state index in [0.29, 0.717) is 17.2 Å². The summed E-state index contributed by atoms with van der Waals surface area (Å²) in [6, 6.07) is 7.82. The molecule has 0 amide bonds. The zero-order valence-corrected chi connectivity index (χ0v) is 14.3. The summed E-state index contributed by atoms with van der Waals surface area (Å²) >= 11 is 0. The molecule has 1 atom stereocenters. The van der Waals surface area contributed by atoms with Gasteiger partial charge in [0.2, 0.25) is 0 Å². The van der Waals surface area contributed by atoms with Crippen LogP contribution < -0.4 is 20.3 Å². The second-order valence-electron chi connectivity index (χ2n) is 5.55. The number of benzene rings is 1. The van der Waals surface area contributed by atoms with Gasteiger partial charge in [0, 0.05) is 45.4 Å². The maximum absolute atomic E-state index is 9.21. The Hall–Kier alpha value is -2.76.